The van der Waals surface area contributed by atoms with Gasteiger partial charge in [0.15, 0.2) is 17.5 Å². The van der Waals surface area contributed by atoms with Crippen LogP contribution >= 0.6 is 11.3 Å². The van der Waals surface area contributed by atoms with Crippen molar-refractivity contribution >= 4 is 53.4 Å². The molecule has 0 aliphatic rings. The van der Waals surface area contributed by atoms with Crippen LogP contribution in [0.1, 0.15) is 0 Å². The number of para-hydroxylation sites is 1. The number of hydrogen-bond donors (Lipinski definition) is 0. The molecule has 0 saturated carbocycles. The number of thiophene rings is 1. The van der Waals surface area contributed by atoms with E-state index >= 15 is 0 Å². The lowest BCUT2D eigenvalue weighted by atomic mass is 9.94. The fraction of sp³-hybridized carbons (Fsp3) is 0. The molecule has 0 unspecified atom stereocenters. The highest BCUT2D eigenvalue weighted by atomic mass is 32.1. The predicted molar refractivity (Wildman–Crippen MR) is 207 cm³/mol. The molecule has 0 spiro atoms. The first-order valence-corrected chi connectivity index (χ1v) is 17.4. The zero-order chi connectivity index (χ0) is 33.0. The Morgan fingerprint density at radius 1 is 0.400 bits per heavy atom. The van der Waals surface area contributed by atoms with E-state index in [0.29, 0.717) is 17.5 Å². The van der Waals surface area contributed by atoms with Crippen LogP contribution in [-0.2, 0) is 0 Å². The van der Waals surface area contributed by atoms with Crippen LogP contribution < -0.4 is 0 Å². The van der Waals surface area contributed by atoms with Crippen molar-refractivity contribution in [1.82, 2.24) is 15.0 Å². The number of nitrogens with zero attached hydrogens (tertiary/aromatic N) is 3. The van der Waals surface area contributed by atoms with Crippen molar-refractivity contribution in [1.29, 1.82) is 0 Å². The summed E-state index contributed by atoms with van der Waals surface area (Å²) in [6, 6.07) is 56.7. The monoisotopic (exact) mass is 657 g/mol. The maximum Gasteiger partial charge on any atom is 0.165 e. The van der Waals surface area contributed by atoms with Gasteiger partial charge in [0.1, 0.15) is 11.2 Å². The molecule has 0 radical (unpaired) electrons. The molecule has 0 amide bonds. The maximum absolute atomic E-state index is 6.62. The smallest absolute Gasteiger partial charge is 0.165 e. The van der Waals surface area contributed by atoms with E-state index < -0.39 is 0 Å². The Morgan fingerprint density at radius 3 is 1.72 bits per heavy atom. The Hall–Kier alpha value is -6.43. The third-order valence-electron chi connectivity index (χ3n) is 9.36. The molecule has 7 aromatic carbocycles. The van der Waals surface area contributed by atoms with E-state index in [1.807, 2.05) is 66.7 Å². The summed E-state index contributed by atoms with van der Waals surface area (Å²) >= 11 is 1.77. The van der Waals surface area contributed by atoms with E-state index in [2.05, 4.69) is 97.1 Å². The SMILES string of the molecule is c1ccc(-c2nc(-c3ccccc3)nc(-c3cccc4c3sc3cc(-c5ccc(-c6ccccc6)c6c5oc5ccccc56)ccc34)n2)cc1. The van der Waals surface area contributed by atoms with Crippen LogP contribution in [0.4, 0.5) is 0 Å². The van der Waals surface area contributed by atoms with Crippen LogP contribution in [0, 0.1) is 0 Å². The lowest BCUT2D eigenvalue weighted by molar-refractivity contribution is 0.670. The molecule has 0 atom stereocenters. The molecule has 50 heavy (non-hydrogen) atoms. The molecule has 10 rings (SSSR count). The lowest BCUT2D eigenvalue weighted by Crippen LogP contribution is -2.00. The van der Waals surface area contributed by atoms with Crippen molar-refractivity contribution in [3.63, 3.8) is 0 Å². The number of hydrogen-bond acceptors (Lipinski definition) is 5. The first-order chi connectivity index (χ1) is 24.8. The van der Waals surface area contributed by atoms with E-state index in [1.54, 1.807) is 11.3 Å². The summed E-state index contributed by atoms with van der Waals surface area (Å²) < 4.78 is 8.97. The highest BCUT2D eigenvalue weighted by Crippen LogP contribution is 2.45. The van der Waals surface area contributed by atoms with Crippen LogP contribution in [0.2, 0.25) is 0 Å². The largest absolute Gasteiger partial charge is 0.455 e. The van der Waals surface area contributed by atoms with Gasteiger partial charge in [-0.05, 0) is 41.0 Å². The molecule has 0 fully saturated rings. The van der Waals surface area contributed by atoms with Gasteiger partial charge in [-0.1, -0.05) is 140 Å². The second kappa shape index (κ2) is 11.6. The molecule has 0 bridgehead atoms. The van der Waals surface area contributed by atoms with Crippen LogP contribution in [0.25, 0.3) is 98.5 Å². The molecule has 0 aliphatic heterocycles. The predicted octanol–water partition coefficient (Wildman–Crippen LogP) is 12.5. The molecule has 0 saturated heterocycles. The van der Waals surface area contributed by atoms with Crippen molar-refractivity contribution in [2.24, 2.45) is 0 Å². The minimum atomic E-state index is 0.656. The summed E-state index contributed by atoms with van der Waals surface area (Å²) in [6.45, 7) is 0. The van der Waals surface area contributed by atoms with Gasteiger partial charge in [0, 0.05) is 53.2 Å². The zero-order valence-electron chi connectivity index (χ0n) is 26.7. The fourth-order valence-electron chi connectivity index (χ4n) is 6.98. The van der Waals surface area contributed by atoms with Gasteiger partial charge in [-0.15, -0.1) is 11.3 Å². The molecule has 10 aromatic rings. The first-order valence-electron chi connectivity index (χ1n) is 16.6. The topological polar surface area (TPSA) is 51.8 Å². The molecular formula is C45H27N3OS. The molecule has 3 heterocycles. The Balaban J connectivity index is 1.15. The second-order valence-corrected chi connectivity index (χ2v) is 13.4. The third kappa shape index (κ3) is 4.71. The minimum absolute atomic E-state index is 0.656. The average Bonchev–Trinajstić information content (AvgIpc) is 3.77. The Kier molecular flexibility index (Phi) is 6.64. The van der Waals surface area contributed by atoms with Crippen molar-refractivity contribution < 1.29 is 4.42 Å². The van der Waals surface area contributed by atoms with Crippen LogP contribution in [0.5, 0.6) is 0 Å². The van der Waals surface area contributed by atoms with Gasteiger partial charge in [0.25, 0.3) is 0 Å². The van der Waals surface area contributed by atoms with Crippen LogP contribution in [-0.4, -0.2) is 15.0 Å². The fourth-order valence-corrected chi connectivity index (χ4v) is 8.24. The number of rotatable bonds is 5. The van der Waals surface area contributed by atoms with Gasteiger partial charge in [-0.2, -0.15) is 0 Å². The van der Waals surface area contributed by atoms with Gasteiger partial charge >= 0.3 is 0 Å². The normalized spacial score (nSPS) is 11.6. The van der Waals surface area contributed by atoms with Gasteiger partial charge in [0.05, 0.1) is 0 Å². The molecule has 0 aliphatic carbocycles. The summed E-state index contributed by atoms with van der Waals surface area (Å²) in [5.74, 6) is 1.97. The maximum atomic E-state index is 6.62. The van der Waals surface area contributed by atoms with E-state index in [9.17, 15) is 0 Å². The molecule has 4 nitrogen and oxygen atoms in total. The number of aromatic nitrogens is 3. The zero-order valence-corrected chi connectivity index (χ0v) is 27.6. The lowest BCUT2D eigenvalue weighted by Gasteiger charge is -2.09. The van der Waals surface area contributed by atoms with Gasteiger partial charge < -0.3 is 4.42 Å². The van der Waals surface area contributed by atoms with E-state index in [-0.39, 0.29) is 0 Å². The van der Waals surface area contributed by atoms with E-state index in [4.69, 9.17) is 19.4 Å². The van der Waals surface area contributed by atoms with Crippen molar-refractivity contribution in [2.45, 2.75) is 0 Å². The Labute approximate surface area is 292 Å². The number of benzene rings is 7. The Morgan fingerprint density at radius 2 is 1.00 bits per heavy atom. The highest BCUT2D eigenvalue weighted by Gasteiger charge is 2.20. The molecular weight excluding hydrogens is 631 g/mol. The highest BCUT2D eigenvalue weighted by molar-refractivity contribution is 7.26. The standard InChI is InChI=1S/C45H27N3OS/c1-4-13-28(14-5-1)32-25-26-33(41-40(32)36-19-10-11-22-38(36)49-41)31-23-24-34-35-20-12-21-37(42(35)50-39(34)27-31)45-47-43(29-15-6-2-7-16-29)46-44(48-45)30-17-8-3-9-18-30/h1-27H. The summed E-state index contributed by atoms with van der Waals surface area (Å²) in [6.07, 6.45) is 0. The van der Waals surface area contributed by atoms with Crippen LogP contribution in [0.15, 0.2) is 168 Å². The van der Waals surface area contributed by atoms with Gasteiger partial charge in [0.2, 0.25) is 0 Å². The quantitative estimate of drug-likeness (QED) is 0.185. The van der Waals surface area contributed by atoms with Gasteiger partial charge in [-0.3, -0.25) is 0 Å². The summed E-state index contributed by atoms with van der Waals surface area (Å²) in [4.78, 5) is 15.0. The van der Waals surface area contributed by atoms with E-state index in [1.165, 1.54) is 26.6 Å². The van der Waals surface area contributed by atoms with Crippen molar-refractivity contribution in [3.05, 3.63) is 164 Å². The molecule has 5 heteroatoms. The van der Waals surface area contributed by atoms with Crippen molar-refractivity contribution in [2.75, 3.05) is 0 Å². The first kappa shape index (κ1) is 28.6. The molecule has 234 valence electrons. The Bertz CT molecular complexity index is 2800. The molecule has 0 N–H and O–H groups in total. The summed E-state index contributed by atoms with van der Waals surface area (Å²) in [5, 5.41) is 4.66. The number of furan rings is 1. The average molecular weight is 658 g/mol. The second-order valence-electron chi connectivity index (χ2n) is 12.4. The third-order valence-corrected chi connectivity index (χ3v) is 10.6. The van der Waals surface area contributed by atoms with Crippen molar-refractivity contribution in [3.8, 4) is 56.4 Å². The minimum Gasteiger partial charge on any atom is -0.455 e. The number of fused-ring (bicyclic) bond motifs is 6. The summed E-state index contributed by atoms with van der Waals surface area (Å²) in [5.41, 5.74) is 9.24. The van der Waals surface area contributed by atoms with Crippen LogP contribution in [0.3, 0.4) is 0 Å². The van der Waals surface area contributed by atoms with Gasteiger partial charge in [-0.25, -0.2) is 15.0 Å². The van der Waals surface area contributed by atoms with E-state index in [0.717, 1.165) is 54.5 Å². The summed E-state index contributed by atoms with van der Waals surface area (Å²) in [7, 11) is 0. The molecule has 3 aromatic heterocycles.